The third-order valence-corrected chi connectivity index (χ3v) is 1.97. The van der Waals surface area contributed by atoms with Crippen molar-refractivity contribution in [3.05, 3.63) is 0 Å². The van der Waals surface area contributed by atoms with Gasteiger partial charge in [0.25, 0.3) is 0 Å². The van der Waals surface area contributed by atoms with Gasteiger partial charge in [-0.2, -0.15) is 0 Å². The van der Waals surface area contributed by atoms with Crippen molar-refractivity contribution in [3.63, 3.8) is 0 Å². The number of rotatable bonds is 0. The van der Waals surface area contributed by atoms with Crippen LogP contribution in [0.5, 0.6) is 0 Å². The van der Waals surface area contributed by atoms with Crippen LogP contribution in [0.4, 0.5) is 0 Å². The van der Waals surface area contributed by atoms with Crippen LogP contribution in [0.15, 0.2) is 0 Å². The predicted octanol–water partition coefficient (Wildman–Crippen LogP) is -0.112. The summed E-state index contributed by atoms with van der Waals surface area (Å²) in [6.07, 6.45) is 2.40. The molecule has 0 radical (unpaired) electrons. The second-order valence-corrected chi connectivity index (χ2v) is 3.05. The molecule has 0 saturated carbocycles. The minimum atomic E-state index is 1.05. The molecule has 0 spiro atoms. The van der Waals surface area contributed by atoms with Crippen molar-refractivity contribution in [2.45, 2.75) is 12.8 Å². The van der Waals surface area contributed by atoms with E-state index in [0.717, 1.165) is 13.1 Å². The highest BCUT2D eigenvalue weighted by atomic mass is 15.4. The quantitative estimate of drug-likeness (QED) is 0.480. The summed E-state index contributed by atoms with van der Waals surface area (Å²) in [6, 6.07) is 0. The molecule has 0 unspecified atom stereocenters. The lowest BCUT2D eigenvalue weighted by Gasteiger charge is -2.24. The summed E-state index contributed by atoms with van der Waals surface area (Å²) in [5.41, 5.74) is 0. The van der Waals surface area contributed by atoms with Crippen LogP contribution in [0.3, 0.4) is 0 Å². The highest BCUT2D eigenvalue weighted by molar-refractivity contribution is 4.60. The first-order chi connectivity index (χ1) is 4.79. The van der Waals surface area contributed by atoms with Crippen molar-refractivity contribution in [2.75, 3.05) is 33.2 Å². The topological polar surface area (TPSA) is 32.5 Å². The Hall–Kier alpha value is -0.120. The molecule has 0 aromatic carbocycles. The Labute approximate surface area is 62.8 Å². The molecule has 1 aliphatic rings. The highest BCUT2D eigenvalue weighted by Crippen LogP contribution is 1.97. The molecule has 1 fully saturated rings. The lowest BCUT2D eigenvalue weighted by Crippen LogP contribution is -2.38. The van der Waals surface area contributed by atoms with Crippen LogP contribution in [-0.4, -0.2) is 43.1 Å². The fraction of sp³-hybridized carbons (Fsp3) is 1.00. The average molecular weight is 143 g/mol. The first-order valence-corrected chi connectivity index (χ1v) is 3.97. The van der Waals surface area contributed by atoms with Gasteiger partial charge in [0.2, 0.25) is 0 Å². The Kier molecular flexibility index (Phi) is 3.12. The Morgan fingerprint density at radius 3 is 2.00 bits per heavy atom. The largest absolute Gasteiger partial charge is 0.306 e. The number of hydrogen-bond donors (Lipinski definition) is 1. The SMILES string of the molecule is CN1CCCN(N)CCC1. The fourth-order valence-electron chi connectivity index (χ4n) is 1.31. The Balaban J connectivity index is 2.21. The summed E-state index contributed by atoms with van der Waals surface area (Å²) in [7, 11) is 2.17. The van der Waals surface area contributed by atoms with Crippen LogP contribution in [0.25, 0.3) is 0 Å². The third-order valence-electron chi connectivity index (χ3n) is 1.97. The number of hydrogen-bond acceptors (Lipinski definition) is 3. The smallest absolute Gasteiger partial charge is 0.0140 e. The Morgan fingerprint density at radius 1 is 1.00 bits per heavy atom. The first kappa shape index (κ1) is 7.98. The van der Waals surface area contributed by atoms with E-state index < -0.39 is 0 Å². The van der Waals surface area contributed by atoms with E-state index in [1.165, 1.54) is 25.9 Å². The lowest BCUT2D eigenvalue weighted by atomic mass is 10.3. The molecule has 1 rings (SSSR count). The summed E-state index contributed by atoms with van der Waals surface area (Å²) >= 11 is 0. The van der Waals surface area contributed by atoms with Crippen LogP contribution in [-0.2, 0) is 0 Å². The van der Waals surface area contributed by atoms with Crippen LogP contribution in [0, 0.1) is 0 Å². The summed E-state index contributed by atoms with van der Waals surface area (Å²) < 4.78 is 0. The zero-order valence-electron chi connectivity index (χ0n) is 6.71. The van der Waals surface area contributed by atoms with E-state index in [-0.39, 0.29) is 0 Å². The molecule has 3 heteroatoms. The summed E-state index contributed by atoms with van der Waals surface area (Å²) in [5.74, 6) is 5.66. The van der Waals surface area contributed by atoms with Crippen LogP contribution in [0.1, 0.15) is 12.8 Å². The molecule has 0 aromatic rings. The van der Waals surface area contributed by atoms with Gasteiger partial charge in [0.1, 0.15) is 0 Å². The van der Waals surface area contributed by atoms with Crippen molar-refractivity contribution >= 4 is 0 Å². The van der Waals surface area contributed by atoms with Crippen LogP contribution < -0.4 is 5.84 Å². The van der Waals surface area contributed by atoms with E-state index >= 15 is 0 Å². The third kappa shape index (κ3) is 2.64. The molecular weight excluding hydrogens is 126 g/mol. The zero-order valence-corrected chi connectivity index (χ0v) is 6.71. The van der Waals surface area contributed by atoms with Gasteiger partial charge in [0.15, 0.2) is 0 Å². The van der Waals surface area contributed by atoms with E-state index in [4.69, 9.17) is 5.84 Å². The number of hydrazine groups is 1. The van der Waals surface area contributed by atoms with E-state index in [9.17, 15) is 0 Å². The van der Waals surface area contributed by atoms with Gasteiger partial charge in [-0.1, -0.05) is 0 Å². The van der Waals surface area contributed by atoms with E-state index in [1.54, 1.807) is 0 Å². The van der Waals surface area contributed by atoms with Crippen molar-refractivity contribution < 1.29 is 0 Å². The highest BCUT2D eigenvalue weighted by Gasteiger charge is 2.05. The van der Waals surface area contributed by atoms with Gasteiger partial charge in [0.05, 0.1) is 0 Å². The van der Waals surface area contributed by atoms with Gasteiger partial charge >= 0.3 is 0 Å². The maximum atomic E-state index is 5.66. The normalized spacial score (nSPS) is 25.8. The molecule has 3 nitrogen and oxygen atoms in total. The number of nitrogens with two attached hydrogens (primary N) is 1. The summed E-state index contributed by atoms with van der Waals surface area (Å²) in [5, 5.41) is 1.92. The predicted molar refractivity (Wildman–Crippen MR) is 42.5 cm³/mol. The summed E-state index contributed by atoms with van der Waals surface area (Å²) in [4.78, 5) is 2.37. The molecule has 0 bridgehead atoms. The second kappa shape index (κ2) is 3.91. The van der Waals surface area contributed by atoms with Crippen LogP contribution >= 0.6 is 0 Å². The van der Waals surface area contributed by atoms with Crippen molar-refractivity contribution in [2.24, 2.45) is 5.84 Å². The van der Waals surface area contributed by atoms with Crippen molar-refractivity contribution in [1.29, 1.82) is 0 Å². The van der Waals surface area contributed by atoms with Gasteiger partial charge < -0.3 is 4.90 Å². The molecule has 1 saturated heterocycles. The van der Waals surface area contributed by atoms with Gasteiger partial charge in [-0.05, 0) is 33.0 Å². The van der Waals surface area contributed by atoms with Crippen molar-refractivity contribution in [3.8, 4) is 0 Å². The standard InChI is InChI=1S/C7H17N3/c1-9-4-2-6-10(8)7-3-5-9/h2-8H2,1H3. The molecule has 0 aliphatic carbocycles. The zero-order chi connectivity index (χ0) is 7.40. The maximum absolute atomic E-state index is 5.66. The van der Waals surface area contributed by atoms with E-state index in [2.05, 4.69) is 11.9 Å². The lowest BCUT2D eigenvalue weighted by molar-refractivity contribution is 0.205. The molecule has 1 aliphatic heterocycles. The fourth-order valence-corrected chi connectivity index (χ4v) is 1.31. The first-order valence-electron chi connectivity index (χ1n) is 3.97. The monoisotopic (exact) mass is 143 g/mol. The van der Waals surface area contributed by atoms with Gasteiger partial charge in [-0.3, -0.25) is 5.84 Å². The van der Waals surface area contributed by atoms with Gasteiger partial charge in [-0.15, -0.1) is 0 Å². The van der Waals surface area contributed by atoms with Crippen LogP contribution in [0.2, 0.25) is 0 Å². The number of nitrogens with zero attached hydrogens (tertiary/aromatic N) is 2. The minimum Gasteiger partial charge on any atom is -0.306 e. The molecule has 0 atom stereocenters. The average Bonchev–Trinajstić information content (AvgIpc) is 1.84. The second-order valence-electron chi connectivity index (χ2n) is 3.05. The molecule has 10 heavy (non-hydrogen) atoms. The van der Waals surface area contributed by atoms with Gasteiger partial charge in [0, 0.05) is 13.1 Å². The molecule has 60 valence electrons. The Bertz CT molecular complexity index is 74.9. The minimum absolute atomic E-state index is 1.05. The molecule has 0 amide bonds. The van der Waals surface area contributed by atoms with Crippen molar-refractivity contribution in [1.82, 2.24) is 9.91 Å². The molecule has 1 heterocycles. The molecule has 0 aromatic heterocycles. The van der Waals surface area contributed by atoms with E-state index in [1.807, 2.05) is 5.01 Å². The summed E-state index contributed by atoms with van der Waals surface area (Å²) in [6.45, 7) is 4.47. The Morgan fingerprint density at radius 2 is 1.50 bits per heavy atom. The van der Waals surface area contributed by atoms with E-state index in [0.29, 0.717) is 0 Å². The molecule has 2 N–H and O–H groups in total. The maximum Gasteiger partial charge on any atom is 0.0140 e. The molecular formula is C7H17N3. The van der Waals surface area contributed by atoms with Gasteiger partial charge in [-0.25, -0.2) is 5.01 Å².